The molecular formula is C21H27ClN2O6-2. The Bertz CT molecular complexity index is 714. The van der Waals surface area contributed by atoms with Crippen LogP contribution in [0.5, 0.6) is 0 Å². The number of carboxylic acids is 2. The highest BCUT2D eigenvalue weighted by Gasteiger charge is 2.40. The van der Waals surface area contributed by atoms with Crippen molar-refractivity contribution in [2.24, 2.45) is 5.73 Å². The number of halogens is 1. The largest absolute Gasteiger partial charge is 0.543 e. The van der Waals surface area contributed by atoms with Crippen molar-refractivity contribution in [1.29, 1.82) is 0 Å². The van der Waals surface area contributed by atoms with Crippen LogP contribution in [0.2, 0.25) is 5.02 Å². The van der Waals surface area contributed by atoms with Gasteiger partial charge in [-0.05, 0) is 56.2 Å². The third-order valence-electron chi connectivity index (χ3n) is 5.47. The molecule has 1 aliphatic carbocycles. The zero-order valence-corrected chi connectivity index (χ0v) is 17.6. The van der Waals surface area contributed by atoms with E-state index in [9.17, 15) is 4.79 Å². The Labute approximate surface area is 180 Å². The molecule has 9 heteroatoms. The van der Waals surface area contributed by atoms with Crippen molar-refractivity contribution >= 4 is 29.5 Å². The summed E-state index contributed by atoms with van der Waals surface area (Å²) in [5.74, 6) is -4.56. The van der Waals surface area contributed by atoms with Crippen LogP contribution in [-0.2, 0) is 25.7 Å². The topological polar surface area (TPSA) is 136 Å². The number of carbonyl (C=O) groups is 3. The van der Waals surface area contributed by atoms with E-state index < -0.39 is 17.5 Å². The number of hydrogen-bond acceptors (Lipinski definition) is 8. The molecule has 1 aromatic rings. The van der Waals surface area contributed by atoms with Crippen LogP contribution in [-0.4, -0.2) is 47.5 Å². The summed E-state index contributed by atoms with van der Waals surface area (Å²) in [6, 6.07) is 7.92. The van der Waals surface area contributed by atoms with E-state index in [1.165, 1.54) is 12.0 Å². The molecule has 1 aliphatic heterocycles. The Kier molecular flexibility index (Phi) is 9.08. The summed E-state index contributed by atoms with van der Waals surface area (Å²) >= 11 is 5.93. The van der Waals surface area contributed by atoms with Crippen molar-refractivity contribution in [3.05, 3.63) is 34.9 Å². The first kappa shape index (κ1) is 24.1. The van der Waals surface area contributed by atoms with Crippen molar-refractivity contribution in [3.8, 4) is 0 Å². The lowest BCUT2D eigenvalue weighted by Crippen LogP contribution is -2.56. The minimum atomic E-state index is -2.19. The number of hydrogen-bond donors (Lipinski definition) is 1. The molecule has 30 heavy (non-hydrogen) atoms. The lowest BCUT2D eigenvalue weighted by molar-refractivity contribution is -0.345. The van der Waals surface area contributed by atoms with Gasteiger partial charge in [0, 0.05) is 24.7 Å². The molecule has 2 fully saturated rings. The summed E-state index contributed by atoms with van der Waals surface area (Å²) in [4.78, 5) is 32.7. The monoisotopic (exact) mass is 438 g/mol. The third-order valence-corrected chi connectivity index (χ3v) is 5.72. The molecule has 3 rings (SSSR count). The minimum absolute atomic E-state index is 0.0822. The second-order valence-electron chi connectivity index (χ2n) is 7.80. The average molecular weight is 439 g/mol. The van der Waals surface area contributed by atoms with Gasteiger partial charge in [-0.2, -0.15) is 0 Å². The third kappa shape index (κ3) is 7.59. The fourth-order valence-electron chi connectivity index (χ4n) is 3.61. The predicted molar refractivity (Wildman–Crippen MR) is 106 cm³/mol. The van der Waals surface area contributed by atoms with Crippen LogP contribution in [0.3, 0.4) is 0 Å². The minimum Gasteiger partial charge on any atom is -0.543 e. The zero-order valence-electron chi connectivity index (χ0n) is 16.8. The Morgan fingerprint density at radius 1 is 1.03 bits per heavy atom. The van der Waals surface area contributed by atoms with Gasteiger partial charge >= 0.3 is 5.97 Å². The SMILES string of the molecule is NC1(C(=O)OC2CCCCC2)CCN(Cc2ccc(Cl)cc2)CC1.O=C([O-])C(=O)[O-]. The molecular weight excluding hydrogens is 412 g/mol. The van der Waals surface area contributed by atoms with Gasteiger partial charge < -0.3 is 30.3 Å². The number of nitrogens with zero attached hydrogens (tertiary/aromatic N) is 1. The highest BCUT2D eigenvalue weighted by molar-refractivity contribution is 6.30. The number of rotatable bonds is 4. The molecule has 0 atom stereocenters. The summed E-state index contributed by atoms with van der Waals surface area (Å²) in [5, 5.41) is 18.6. The highest BCUT2D eigenvalue weighted by atomic mass is 35.5. The van der Waals surface area contributed by atoms with Gasteiger partial charge in [-0.25, -0.2) is 0 Å². The number of benzene rings is 1. The number of piperidine rings is 1. The number of esters is 1. The van der Waals surface area contributed by atoms with Gasteiger partial charge in [-0.15, -0.1) is 0 Å². The standard InChI is InChI=1S/C19H27ClN2O2.C2H2O4/c20-16-8-6-15(7-9-16)14-22-12-10-19(21,11-13-22)18(23)24-17-4-2-1-3-5-17;3-1(4)2(5)6/h6-9,17H,1-5,10-14,21H2;(H,3,4)(H,5,6)/p-2. The van der Waals surface area contributed by atoms with Crippen LogP contribution in [0.25, 0.3) is 0 Å². The van der Waals surface area contributed by atoms with Gasteiger partial charge in [0.2, 0.25) is 0 Å². The van der Waals surface area contributed by atoms with Crippen molar-refractivity contribution in [2.75, 3.05) is 13.1 Å². The maximum absolute atomic E-state index is 12.5. The van der Waals surface area contributed by atoms with Crippen LogP contribution >= 0.6 is 11.6 Å². The fourth-order valence-corrected chi connectivity index (χ4v) is 3.74. The van der Waals surface area contributed by atoms with E-state index in [0.717, 1.165) is 50.3 Å². The van der Waals surface area contributed by atoms with E-state index in [1.807, 2.05) is 24.3 Å². The Morgan fingerprint density at radius 2 is 1.57 bits per heavy atom. The maximum atomic E-state index is 12.5. The van der Waals surface area contributed by atoms with Crippen LogP contribution in [0, 0.1) is 0 Å². The molecule has 0 spiro atoms. The molecule has 2 aliphatic rings. The summed E-state index contributed by atoms with van der Waals surface area (Å²) in [6.45, 7) is 2.50. The van der Waals surface area contributed by atoms with E-state index in [4.69, 9.17) is 41.9 Å². The van der Waals surface area contributed by atoms with Gasteiger partial charge in [0.15, 0.2) is 0 Å². The van der Waals surface area contributed by atoms with Crippen molar-refractivity contribution in [1.82, 2.24) is 4.90 Å². The summed E-state index contributed by atoms with van der Waals surface area (Å²) in [5.41, 5.74) is 6.80. The number of carbonyl (C=O) groups excluding carboxylic acids is 3. The Balaban J connectivity index is 0.000000469. The van der Waals surface area contributed by atoms with Crippen LogP contribution in [0.4, 0.5) is 0 Å². The lowest BCUT2D eigenvalue weighted by Gasteiger charge is -2.38. The van der Waals surface area contributed by atoms with Gasteiger partial charge in [-0.1, -0.05) is 30.2 Å². The number of nitrogens with two attached hydrogens (primary N) is 1. The van der Waals surface area contributed by atoms with E-state index >= 15 is 0 Å². The molecule has 8 nitrogen and oxygen atoms in total. The Morgan fingerprint density at radius 3 is 2.07 bits per heavy atom. The van der Waals surface area contributed by atoms with Gasteiger partial charge in [0.05, 0.1) is 11.9 Å². The molecule has 0 amide bonds. The number of carboxylic acid groups (broad SMARTS) is 2. The van der Waals surface area contributed by atoms with Gasteiger partial charge in [0.1, 0.15) is 11.6 Å². The first-order valence-corrected chi connectivity index (χ1v) is 10.5. The first-order valence-electron chi connectivity index (χ1n) is 10.1. The highest BCUT2D eigenvalue weighted by Crippen LogP contribution is 2.26. The summed E-state index contributed by atoms with van der Waals surface area (Å²) < 4.78 is 5.70. The predicted octanol–water partition coefficient (Wildman–Crippen LogP) is -0.00460. The second-order valence-corrected chi connectivity index (χ2v) is 8.24. The molecule has 0 unspecified atom stereocenters. The fraction of sp³-hybridized carbons (Fsp3) is 0.571. The summed E-state index contributed by atoms with van der Waals surface area (Å²) in [7, 11) is 0. The van der Waals surface area contributed by atoms with Crippen molar-refractivity contribution in [3.63, 3.8) is 0 Å². The average Bonchev–Trinajstić information content (AvgIpc) is 2.72. The molecule has 166 valence electrons. The molecule has 1 saturated heterocycles. The van der Waals surface area contributed by atoms with Gasteiger partial charge in [-0.3, -0.25) is 9.69 Å². The Hall–Kier alpha value is -2.16. The number of likely N-dealkylation sites (tertiary alicyclic amines) is 1. The smallest absolute Gasteiger partial charge is 0.326 e. The molecule has 0 bridgehead atoms. The molecule has 0 aromatic heterocycles. The molecule has 2 N–H and O–H groups in total. The van der Waals surface area contributed by atoms with Crippen LogP contribution in [0.15, 0.2) is 24.3 Å². The normalized spacial score (nSPS) is 19.3. The number of aliphatic carboxylic acids is 2. The first-order chi connectivity index (χ1) is 14.2. The second kappa shape index (κ2) is 11.3. The van der Waals surface area contributed by atoms with E-state index in [2.05, 4.69) is 4.90 Å². The number of ether oxygens (including phenoxy) is 1. The molecule has 1 saturated carbocycles. The van der Waals surface area contributed by atoms with Crippen molar-refractivity contribution in [2.45, 2.75) is 63.1 Å². The lowest BCUT2D eigenvalue weighted by atomic mass is 9.88. The van der Waals surface area contributed by atoms with E-state index in [-0.39, 0.29) is 12.1 Å². The summed E-state index contributed by atoms with van der Waals surface area (Å²) in [6.07, 6.45) is 6.95. The van der Waals surface area contributed by atoms with Crippen molar-refractivity contribution < 1.29 is 29.3 Å². The maximum Gasteiger partial charge on any atom is 0.326 e. The zero-order chi connectivity index (χ0) is 22.1. The molecule has 1 heterocycles. The van der Waals surface area contributed by atoms with E-state index in [1.54, 1.807) is 0 Å². The molecule has 0 radical (unpaired) electrons. The van der Waals surface area contributed by atoms with Gasteiger partial charge in [0.25, 0.3) is 0 Å². The van der Waals surface area contributed by atoms with Crippen LogP contribution < -0.4 is 15.9 Å². The van der Waals surface area contributed by atoms with E-state index in [0.29, 0.717) is 12.8 Å². The molecule has 1 aromatic carbocycles. The van der Waals surface area contributed by atoms with Crippen LogP contribution in [0.1, 0.15) is 50.5 Å². The quantitative estimate of drug-likeness (QED) is 0.512.